The molecule has 44 heavy (non-hydrogen) atoms. The summed E-state index contributed by atoms with van der Waals surface area (Å²) in [7, 11) is 0. The Kier molecular flexibility index (Phi) is 6.27. The van der Waals surface area contributed by atoms with Crippen molar-refractivity contribution in [2.75, 3.05) is 0 Å². The molecule has 0 aliphatic carbocycles. The summed E-state index contributed by atoms with van der Waals surface area (Å²) in [4.78, 5) is 19.4. The summed E-state index contributed by atoms with van der Waals surface area (Å²) in [6.07, 6.45) is 3.66. The molecule has 0 atom stereocenters. The molecule has 0 saturated carbocycles. The number of para-hydroxylation sites is 1. The lowest BCUT2D eigenvalue weighted by atomic mass is 10.0. The van der Waals surface area contributed by atoms with E-state index in [-0.39, 0.29) is 0 Å². The molecular weight excluding hydrogens is 538 g/mol. The van der Waals surface area contributed by atoms with Crippen molar-refractivity contribution in [3.05, 3.63) is 151 Å². The first-order valence-corrected chi connectivity index (χ1v) is 14.6. The Morgan fingerprint density at radius 2 is 1.07 bits per heavy atom. The van der Waals surface area contributed by atoms with Crippen LogP contribution in [0.15, 0.2) is 146 Å². The van der Waals surface area contributed by atoms with Crippen molar-refractivity contribution in [2.24, 2.45) is 0 Å². The molecule has 0 amide bonds. The Labute approximate surface area is 255 Å². The molecule has 8 aromatic rings. The van der Waals surface area contributed by atoms with Crippen LogP contribution in [0.5, 0.6) is 0 Å². The Bertz CT molecular complexity index is 2220. The highest BCUT2D eigenvalue weighted by Gasteiger charge is 2.20. The number of benzene rings is 5. The summed E-state index contributed by atoms with van der Waals surface area (Å²) in [5, 5.41) is 2.42. The summed E-state index contributed by atoms with van der Waals surface area (Å²) in [5.41, 5.74) is 9.46. The summed E-state index contributed by atoms with van der Waals surface area (Å²) in [6.45, 7) is 2.14. The van der Waals surface area contributed by atoms with Gasteiger partial charge >= 0.3 is 0 Å². The zero-order valence-corrected chi connectivity index (χ0v) is 24.1. The Morgan fingerprint density at radius 1 is 0.455 bits per heavy atom. The van der Waals surface area contributed by atoms with Crippen LogP contribution < -0.4 is 0 Å². The van der Waals surface area contributed by atoms with Gasteiger partial charge in [0.15, 0.2) is 17.5 Å². The predicted molar refractivity (Wildman–Crippen MR) is 178 cm³/mol. The molecular formula is C39H27N5. The van der Waals surface area contributed by atoms with Gasteiger partial charge in [-0.15, -0.1) is 0 Å². The standard InChI is InChI=1S/C39H27N5/c1-26-16-19-35-33(24-26)31-14-8-9-15-34(31)44(35)36-25-30(27-20-22-40-23-21-27)17-18-32(36)39-42-37(28-10-4-2-5-11-28)41-38(43-39)29-12-6-3-7-13-29/h2-25H,1H3. The molecule has 0 bridgehead atoms. The maximum absolute atomic E-state index is 5.10. The van der Waals surface area contributed by atoms with Gasteiger partial charge in [0.25, 0.3) is 0 Å². The van der Waals surface area contributed by atoms with Gasteiger partial charge in [-0.3, -0.25) is 4.98 Å². The van der Waals surface area contributed by atoms with Gasteiger partial charge in [0.2, 0.25) is 0 Å². The van der Waals surface area contributed by atoms with Crippen molar-refractivity contribution in [2.45, 2.75) is 6.92 Å². The maximum Gasteiger partial charge on any atom is 0.166 e. The monoisotopic (exact) mass is 565 g/mol. The normalized spacial score (nSPS) is 11.3. The van der Waals surface area contributed by atoms with Crippen LogP contribution in [0.1, 0.15) is 5.56 Å². The molecule has 208 valence electrons. The largest absolute Gasteiger partial charge is 0.308 e. The fraction of sp³-hybridized carbons (Fsp3) is 0.0256. The third kappa shape index (κ3) is 4.52. The van der Waals surface area contributed by atoms with Gasteiger partial charge in [0, 0.05) is 39.9 Å². The average Bonchev–Trinajstić information content (AvgIpc) is 3.42. The molecule has 0 saturated heterocycles. The van der Waals surface area contributed by atoms with Gasteiger partial charge in [-0.25, -0.2) is 15.0 Å². The Balaban J connectivity index is 1.45. The van der Waals surface area contributed by atoms with E-state index in [9.17, 15) is 0 Å². The number of aromatic nitrogens is 5. The quantitative estimate of drug-likeness (QED) is 0.209. The van der Waals surface area contributed by atoms with Crippen molar-refractivity contribution >= 4 is 21.8 Å². The second-order valence-electron chi connectivity index (χ2n) is 10.9. The zero-order valence-electron chi connectivity index (χ0n) is 24.1. The van der Waals surface area contributed by atoms with E-state index < -0.39 is 0 Å². The number of nitrogens with zero attached hydrogens (tertiary/aromatic N) is 5. The minimum Gasteiger partial charge on any atom is -0.308 e. The van der Waals surface area contributed by atoms with E-state index in [1.54, 1.807) is 0 Å². The minimum absolute atomic E-state index is 0.618. The van der Waals surface area contributed by atoms with Crippen LogP contribution in [0.25, 0.3) is 72.8 Å². The second-order valence-corrected chi connectivity index (χ2v) is 10.9. The van der Waals surface area contributed by atoms with Gasteiger partial charge < -0.3 is 4.57 Å². The van der Waals surface area contributed by atoms with E-state index in [1.165, 1.54) is 16.3 Å². The highest BCUT2D eigenvalue weighted by Crippen LogP contribution is 2.38. The number of aryl methyl sites for hydroxylation is 1. The lowest BCUT2D eigenvalue weighted by molar-refractivity contribution is 1.06. The van der Waals surface area contributed by atoms with Crippen molar-refractivity contribution < 1.29 is 0 Å². The summed E-state index contributed by atoms with van der Waals surface area (Å²) in [5.74, 6) is 1.89. The third-order valence-corrected chi connectivity index (χ3v) is 8.02. The minimum atomic E-state index is 0.618. The highest BCUT2D eigenvalue weighted by molar-refractivity contribution is 6.10. The predicted octanol–water partition coefficient (Wildman–Crippen LogP) is 9.34. The molecule has 5 aromatic carbocycles. The third-order valence-electron chi connectivity index (χ3n) is 8.02. The van der Waals surface area contributed by atoms with Crippen molar-refractivity contribution in [3.8, 4) is 51.0 Å². The molecule has 0 spiro atoms. The van der Waals surface area contributed by atoms with Gasteiger partial charge in [-0.1, -0.05) is 96.6 Å². The van der Waals surface area contributed by atoms with Gasteiger partial charge in [0.1, 0.15) is 0 Å². The van der Waals surface area contributed by atoms with E-state index >= 15 is 0 Å². The van der Waals surface area contributed by atoms with Crippen LogP contribution in [0.4, 0.5) is 0 Å². The first-order chi connectivity index (χ1) is 21.7. The summed E-state index contributed by atoms with van der Waals surface area (Å²) < 4.78 is 2.35. The second kappa shape index (κ2) is 10.7. The van der Waals surface area contributed by atoms with Gasteiger partial charge in [-0.05, 0) is 60.5 Å². The maximum atomic E-state index is 5.10. The molecule has 0 aliphatic rings. The van der Waals surface area contributed by atoms with E-state index in [2.05, 4.69) is 77.1 Å². The van der Waals surface area contributed by atoms with E-state index in [0.717, 1.165) is 44.5 Å². The molecule has 3 heterocycles. The molecule has 0 N–H and O–H groups in total. The number of rotatable bonds is 5. The van der Waals surface area contributed by atoms with Crippen LogP contribution in [-0.2, 0) is 0 Å². The van der Waals surface area contributed by atoms with Crippen LogP contribution in [0.3, 0.4) is 0 Å². The molecule has 0 radical (unpaired) electrons. The Hall–Kier alpha value is -5.94. The van der Waals surface area contributed by atoms with Crippen LogP contribution in [-0.4, -0.2) is 24.5 Å². The number of fused-ring (bicyclic) bond motifs is 3. The lowest BCUT2D eigenvalue weighted by Gasteiger charge is -2.16. The van der Waals surface area contributed by atoms with E-state index in [4.69, 9.17) is 15.0 Å². The first kappa shape index (κ1) is 25.7. The number of pyridine rings is 1. The topological polar surface area (TPSA) is 56.5 Å². The zero-order chi connectivity index (χ0) is 29.5. The SMILES string of the molecule is Cc1ccc2c(c1)c1ccccc1n2-c1cc(-c2ccncc2)ccc1-c1nc(-c2ccccc2)nc(-c2ccccc2)n1. The fourth-order valence-corrected chi connectivity index (χ4v) is 5.90. The average molecular weight is 566 g/mol. The van der Waals surface area contributed by atoms with Crippen molar-refractivity contribution in [1.82, 2.24) is 24.5 Å². The molecule has 3 aromatic heterocycles. The Morgan fingerprint density at radius 3 is 1.77 bits per heavy atom. The number of hydrogen-bond donors (Lipinski definition) is 0. The van der Waals surface area contributed by atoms with Gasteiger partial charge in [-0.2, -0.15) is 0 Å². The molecule has 8 rings (SSSR count). The summed E-state index contributed by atoms with van der Waals surface area (Å²) >= 11 is 0. The fourth-order valence-electron chi connectivity index (χ4n) is 5.90. The van der Waals surface area contributed by atoms with Crippen LogP contribution in [0.2, 0.25) is 0 Å². The van der Waals surface area contributed by atoms with Crippen LogP contribution >= 0.6 is 0 Å². The van der Waals surface area contributed by atoms with Gasteiger partial charge in [0.05, 0.1) is 16.7 Å². The molecule has 5 heteroatoms. The molecule has 0 fully saturated rings. The first-order valence-electron chi connectivity index (χ1n) is 14.6. The summed E-state index contributed by atoms with van der Waals surface area (Å²) in [6, 6.07) is 46.0. The van der Waals surface area contributed by atoms with Crippen molar-refractivity contribution in [1.29, 1.82) is 0 Å². The van der Waals surface area contributed by atoms with E-state index in [1.807, 2.05) is 85.2 Å². The highest BCUT2D eigenvalue weighted by atomic mass is 15.1. The van der Waals surface area contributed by atoms with Crippen LogP contribution in [0, 0.1) is 6.92 Å². The van der Waals surface area contributed by atoms with Crippen molar-refractivity contribution in [3.63, 3.8) is 0 Å². The van der Waals surface area contributed by atoms with E-state index in [0.29, 0.717) is 17.5 Å². The number of hydrogen-bond acceptors (Lipinski definition) is 4. The lowest BCUT2D eigenvalue weighted by Crippen LogP contribution is -2.04. The molecule has 0 aliphatic heterocycles. The smallest absolute Gasteiger partial charge is 0.166 e. The molecule has 5 nitrogen and oxygen atoms in total. The molecule has 0 unspecified atom stereocenters.